The Morgan fingerprint density at radius 1 is 1.04 bits per heavy atom. The van der Waals surface area contributed by atoms with Gasteiger partial charge in [0, 0.05) is 35.4 Å². The zero-order valence-electron chi connectivity index (χ0n) is 30.6. The molecule has 2 saturated carbocycles. The Hall–Kier alpha value is -5.27. The van der Waals surface area contributed by atoms with Crippen molar-refractivity contribution in [2.24, 2.45) is 5.92 Å². The van der Waals surface area contributed by atoms with Crippen molar-refractivity contribution >= 4 is 38.6 Å². The molecule has 1 aromatic heterocycles. The van der Waals surface area contributed by atoms with Gasteiger partial charge in [0.1, 0.15) is 29.2 Å². The second-order valence-electron chi connectivity index (χ2n) is 14.6. The Balaban J connectivity index is 1.21. The lowest BCUT2D eigenvalue weighted by atomic mass is 10.0. The van der Waals surface area contributed by atoms with E-state index in [0.29, 0.717) is 42.0 Å². The number of fused-ring (bicyclic) bond motifs is 1. The number of aromatic nitrogens is 1. The van der Waals surface area contributed by atoms with Crippen LogP contribution in [0.2, 0.25) is 0 Å². The number of carbonyl (C=O) groups is 3. The first-order valence-corrected chi connectivity index (χ1v) is 19.7. The van der Waals surface area contributed by atoms with Crippen LogP contribution in [-0.4, -0.2) is 97.6 Å². The highest BCUT2D eigenvalue weighted by Gasteiger charge is 2.62. The number of likely N-dealkylation sites (tertiary alicyclic amines) is 1. The van der Waals surface area contributed by atoms with Crippen LogP contribution in [0.15, 0.2) is 97.6 Å². The van der Waals surface area contributed by atoms with Crippen LogP contribution in [0, 0.1) is 5.92 Å². The molecule has 3 unspecified atom stereocenters. The molecule has 0 bridgehead atoms. The topological polar surface area (TPSA) is 147 Å². The van der Waals surface area contributed by atoms with E-state index in [0.717, 1.165) is 16.5 Å². The SMILES string of the molecule is C=CC1C[C@]1(NC(=O)C1CC(Oc2cc(-c3ccccc3)nc3cc(OC)ccc23)CN1C(=O)[C@@H](Cc1ccccc1)N(C)C)C(=O)NS(=O)(=O)C1CC1. The standard InChI is InChI=1S/C41H45N5O7S/c1-5-28-24-41(28,40(49)44-54(50,51)31-17-18-31)43-38(47)35-22-30(25-46(35)39(48)36(45(2)3)20-26-12-8-6-9-13-26)53-37-23-33(27-14-10-7-11-15-27)42-34-21-29(52-4)16-19-32(34)37/h5-16,19,21,23,28,30-31,35-36H,1,17-18,20,22,24-25H2,2-4H3,(H,43,47)(H,44,49)/t28?,30?,35?,36-,41-/m1/s1. The highest BCUT2D eigenvalue weighted by Crippen LogP contribution is 2.45. The quantitative estimate of drug-likeness (QED) is 0.182. The summed E-state index contributed by atoms with van der Waals surface area (Å²) in [5.41, 5.74) is 1.68. The first kappa shape index (κ1) is 37.1. The van der Waals surface area contributed by atoms with Gasteiger partial charge in [-0.15, -0.1) is 6.58 Å². The van der Waals surface area contributed by atoms with Gasteiger partial charge in [0.2, 0.25) is 21.8 Å². The molecule has 1 aliphatic heterocycles. The predicted molar refractivity (Wildman–Crippen MR) is 205 cm³/mol. The number of nitrogens with zero attached hydrogens (tertiary/aromatic N) is 3. The zero-order chi connectivity index (χ0) is 38.2. The summed E-state index contributed by atoms with van der Waals surface area (Å²) >= 11 is 0. The van der Waals surface area contributed by atoms with E-state index in [4.69, 9.17) is 14.5 Å². The first-order chi connectivity index (χ1) is 25.9. The van der Waals surface area contributed by atoms with E-state index in [1.165, 1.54) is 4.90 Å². The van der Waals surface area contributed by atoms with Gasteiger partial charge in [-0.25, -0.2) is 13.4 Å². The molecule has 2 N–H and O–H groups in total. The Bertz CT molecular complexity index is 2180. The van der Waals surface area contributed by atoms with Crippen molar-refractivity contribution in [3.8, 4) is 22.8 Å². The molecule has 282 valence electrons. The molecule has 3 aromatic carbocycles. The largest absolute Gasteiger partial charge is 0.497 e. The average molecular weight is 752 g/mol. The third-order valence-corrected chi connectivity index (χ3v) is 12.4. The Morgan fingerprint density at radius 3 is 2.37 bits per heavy atom. The fourth-order valence-corrected chi connectivity index (χ4v) is 8.61. The van der Waals surface area contributed by atoms with Gasteiger partial charge in [-0.2, -0.15) is 0 Å². The minimum Gasteiger partial charge on any atom is -0.497 e. The van der Waals surface area contributed by atoms with Crippen molar-refractivity contribution < 1.29 is 32.3 Å². The molecule has 13 heteroatoms. The van der Waals surface area contributed by atoms with E-state index in [1.54, 1.807) is 13.2 Å². The minimum atomic E-state index is -3.87. The van der Waals surface area contributed by atoms with Crippen LogP contribution in [0.1, 0.15) is 31.2 Å². The predicted octanol–water partition coefficient (Wildman–Crippen LogP) is 4.10. The van der Waals surface area contributed by atoms with Crippen LogP contribution in [-0.2, 0) is 30.8 Å². The number of hydrogen-bond acceptors (Lipinski definition) is 9. The van der Waals surface area contributed by atoms with E-state index >= 15 is 0 Å². The van der Waals surface area contributed by atoms with E-state index in [1.807, 2.05) is 104 Å². The van der Waals surface area contributed by atoms with E-state index < -0.39 is 56.7 Å². The van der Waals surface area contributed by atoms with Crippen LogP contribution in [0.5, 0.6) is 11.5 Å². The molecular weight excluding hydrogens is 707 g/mol. The molecular formula is C41H45N5O7S. The van der Waals surface area contributed by atoms with E-state index in [-0.39, 0.29) is 25.3 Å². The summed E-state index contributed by atoms with van der Waals surface area (Å²) < 4.78 is 39.9. The average Bonchev–Trinajstić information content (AvgIpc) is 4.10. The third-order valence-electron chi connectivity index (χ3n) is 10.6. The summed E-state index contributed by atoms with van der Waals surface area (Å²) in [5, 5.41) is 3.00. The second kappa shape index (κ2) is 14.9. The first-order valence-electron chi connectivity index (χ1n) is 18.1. The fourth-order valence-electron chi connectivity index (χ4n) is 7.25. The molecule has 0 radical (unpaired) electrons. The highest BCUT2D eigenvalue weighted by molar-refractivity contribution is 7.91. The molecule has 4 aromatic rings. The van der Waals surface area contributed by atoms with Crippen molar-refractivity contribution in [3.05, 3.63) is 103 Å². The normalized spacial score (nSPS) is 22.7. The van der Waals surface area contributed by atoms with Crippen LogP contribution >= 0.6 is 0 Å². The van der Waals surface area contributed by atoms with Crippen LogP contribution in [0.4, 0.5) is 0 Å². The summed E-state index contributed by atoms with van der Waals surface area (Å²) in [6, 6.07) is 25.1. The minimum absolute atomic E-state index is 0.0941. The lowest BCUT2D eigenvalue weighted by Crippen LogP contribution is -2.58. The smallest absolute Gasteiger partial charge is 0.259 e. The molecule has 2 aliphatic carbocycles. The van der Waals surface area contributed by atoms with E-state index in [2.05, 4.69) is 16.6 Å². The molecule has 3 fully saturated rings. The van der Waals surface area contributed by atoms with Gasteiger partial charge < -0.3 is 19.7 Å². The number of carbonyl (C=O) groups excluding carboxylic acids is 3. The summed E-state index contributed by atoms with van der Waals surface area (Å²) in [6.45, 7) is 3.91. The van der Waals surface area contributed by atoms with Gasteiger partial charge in [-0.3, -0.25) is 24.0 Å². The number of pyridine rings is 1. The van der Waals surface area contributed by atoms with Crippen LogP contribution in [0.3, 0.4) is 0 Å². The maximum Gasteiger partial charge on any atom is 0.259 e. The number of likely N-dealkylation sites (N-methyl/N-ethyl adjacent to an activating group) is 1. The molecule has 0 spiro atoms. The highest BCUT2D eigenvalue weighted by atomic mass is 32.2. The molecule has 3 amide bonds. The van der Waals surface area contributed by atoms with Crippen molar-refractivity contribution in [1.29, 1.82) is 0 Å². The van der Waals surface area contributed by atoms with Gasteiger partial charge in [-0.1, -0.05) is 66.7 Å². The molecule has 54 heavy (non-hydrogen) atoms. The molecule has 1 saturated heterocycles. The van der Waals surface area contributed by atoms with Gasteiger partial charge in [0.25, 0.3) is 5.91 Å². The number of nitrogens with one attached hydrogen (secondary N) is 2. The van der Waals surface area contributed by atoms with Gasteiger partial charge in [0.15, 0.2) is 0 Å². The Kier molecular flexibility index (Phi) is 10.2. The summed E-state index contributed by atoms with van der Waals surface area (Å²) in [4.78, 5) is 50.8. The molecule has 5 atom stereocenters. The number of methoxy groups -OCH3 is 1. The maximum absolute atomic E-state index is 14.6. The zero-order valence-corrected chi connectivity index (χ0v) is 31.4. The molecule has 3 aliphatic rings. The van der Waals surface area contributed by atoms with Gasteiger partial charge >= 0.3 is 0 Å². The van der Waals surface area contributed by atoms with E-state index in [9.17, 15) is 22.8 Å². The Morgan fingerprint density at radius 2 is 1.74 bits per heavy atom. The lowest BCUT2D eigenvalue weighted by Gasteiger charge is -2.32. The number of ether oxygens (including phenoxy) is 2. The summed E-state index contributed by atoms with van der Waals surface area (Å²) in [7, 11) is 1.37. The number of amides is 3. The van der Waals surface area contributed by atoms with Crippen molar-refractivity contribution in [1.82, 2.24) is 24.8 Å². The number of benzene rings is 3. The van der Waals surface area contributed by atoms with Crippen molar-refractivity contribution in [2.75, 3.05) is 27.7 Å². The number of rotatable bonds is 14. The number of hydrogen-bond donors (Lipinski definition) is 2. The molecule has 2 heterocycles. The summed E-state index contributed by atoms with van der Waals surface area (Å²) in [6.07, 6.45) is 2.62. The fraction of sp³-hybridized carbons (Fsp3) is 0.366. The summed E-state index contributed by atoms with van der Waals surface area (Å²) in [5.74, 6) is -0.936. The Labute approximate surface area is 315 Å². The van der Waals surface area contributed by atoms with Gasteiger partial charge in [-0.05, 0) is 57.5 Å². The van der Waals surface area contributed by atoms with Crippen LogP contribution < -0.4 is 19.5 Å². The number of sulfonamides is 1. The third kappa shape index (κ3) is 7.56. The maximum atomic E-state index is 14.6. The monoisotopic (exact) mass is 751 g/mol. The molecule has 7 rings (SSSR count). The lowest BCUT2D eigenvalue weighted by molar-refractivity contribution is -0.143. The van der Waals surface area contributed by atoms with Crippen molar-refractivity contribution in [2.45, 2.75) is 61.1 Å². The van der Waals surface area contributed by atoms with Gasteiger partial charge in [0.05, 0.1) is 36.2 Å². The van der Waals surface area contributed by atoms with Crippen LogP contribution in [0.25, 0.3) is 22.2 Å². The second-order valence-corrected chi connectivity index (χ2v) is 16.5. The van der Waals surface area contributed by atoms with Crippen molar-refractivity contribution in [3.63, 3.8) is 0 Å². The molecule has 12 nitrogen and oxygen atoms in total.